The molecular formula is C21H25N3O5S2. The molecule has 0 atom stereocenters. The lowest BCUT2D eigenvalue weighted by Crippen LogP contribution is -2.37. The smallest absolute Gasteiger partial charge is 0.256 e. The average molecular weight is 464 g/mol. The first-order valence-corrected chi connectivity index (χ1v) is 13.6. The summed E-state index contributed by atoms with van der Waals surface area (Å²) in [5.41, 5.74) is 0.497. The second-order valence-corrected chi connectivity index (χ2v) is 12.2. The van der Waals surface area contributed by atoms with Crippen molar-refractivity contribution in [2.75, 3.05) is 31.5 Å². The van der Waals surface area contributed by atoms with Gasteiger partial charge >= 0.3 is 0 Å². The lowest BCUT2D eigenvalue weighted by Gasteiger charge is -2.28. The van der Waals surface area contributed by atoms with E-state index in [4.69, 9.17) is 0 Å². The van der Waals surface area contributed by atoms with Gasteiger partial charge in [-0.3, -0.25) is 4.79 Å². The highest BCUT2D eigenvalue weighted by Crippen LogP contribution is 2.43. The number of carbonyl (C=O) groups is 1. The third kappa shape index (κ3) is 3.27. The minimum Gasteiger partial charge on any atom is -0.320 e. The van der Waals surface area contributed by atoms with Crippen molar-refractivity contribution in [3.05, 3.63) is 29.8 Å². The van der Waals surface area contributed by atoms with Crippen molar-refractivity contribution in [1.82, 2.24) is 8.61 Å². The maximum atomic E-state index is 13.6. The maximum absolute atomic E-state index is 13.6. The molecule has 0 unspecified atom stereocenters. The second-order valence-electron chi connectivity index (χ2n) is 8.36. The minimum atomic E-state index is -3.96. The number of benzene rings is 2. The molecule has 0 aromatic heterocycles. The normalized spacial score (nSPS) is 20.8. The summed E-state index contributed by atoms with van der Waals surface area (Å²) in [5, 5.41) is 3.45. The number of nitrogens with one attached hydrogen (secondary N) is 1. The molecule has 0 bridgehead atoms. The van der Waals surface area contributed by atoms with Crippen LogP contribution in [0.5, 0.6) is 0 Å². The molecule has 3 heterocycles. The third-order valence-corrected chi connectivity index (χ3v) is 10.3. The Morgan fingerprint density at radius 3 is 1.87 bits per heavy atom. The van der Waals surface area contributed by atoms with Gasteiger partial charge in [0.1, 0.15) is 4.90 Å². The van der Waals surface area contributed by atoms with E-state index in [1.807, 2.05) is 0 Å². The molecule has 31 heavy (non-hydrogen) atoms. The Morgan fingerprint density at radius 2 is 1.29 bits per heavy atom. The fraction of sp³-hybridized carbons (Fsp3) is 0.476. The molecule has 2 saturated heterocycles. The third-order valence-electron chi connectivity index (χ3n) is 6.44. The van der Waals surface area contributed by atoms with Crippen LogP contribution in [0.2, 0.25) is 0 Å². The summed E-state index contributed by atoms with van der Waals surface area (Å²) < 4.78 is 57.1. The van der Waals surface area contributed by atoms with E-state index in [9.17, 15) is 21.6 Å². The van der Waals surface area contributed by atoms with Gasteiger partial charge in [0, 0.05) is 42.5 Å². The lowest BCUT2D eigenvalue weighted by atomic mass is 10.1. The Labute approximate surface area is 182 Å². The number of sulfonamides is 2. The van der Waals surface area contributed by atoms with Crippen LogP contribution in [0.3, 0.4) is 0 Å². The summed E-state index contributed by atoms with van der Waals surface area (Å²) in [6, 6.07) is 6.15. The summed E-state index contributed by atoms with van der Waals surface area (Å²) in [5.74, 6) is -0.414. The zero-order valence-corrected chi connectivity index (χ0v) is 18.8. The first-order chi connectivity index (χ1) is 14.8. The van der Waals surface area contributed by atoms with Gasteiger partial charge in [-0.25, -0.2) is 16.8 Å². The topological polar surface area (TPSA) is 104 Å². The summed E-state index contributed by atoms with van der Waals surface area (Å²) in [7, 11) is -7.88. The molecule has 2 fully saturated rings. The molecule has 2 aromatic carbocycles. The van der Waals surface area contributed by atoms with Crippen molar-refractivity contribution in [2.24, 2.45) is 0 Å². The maximum Gasteiger partial charge on any atom is 0.256 e. The van der Waals surface area contributed by atoms with Crippen molar-refractivity contribution in [1.29, 1.82) is 0 Å². The largest absolute Gasteiger partial charge is 0.320 e. The van der Waals surface area contributed by atoms with Crippen LogP contribution in [0.15, 0.2) is 34.1 Å². The van der Waals surface area contributed by atoms with Gasteiger partial charge in [-0.1, -0.05) is 25.0 Å². The van der Waals surface area contributed by atoms with Crippen LogP contribution in [0, 0.1) is 0 Å². The zero-order valence-electron chi connectivity index (χ0n) is 17.1. The molecule has 2 aromatic rings. The molecule has 0 radical (unpaired) electrons. The van der Waals surface area contributed by atoms with E-state index in [0.717, 1.165) is 38.5 Å². The average Bonchev–Trinajstić information content (AvgIpc) is 3.12. The van der Waals surface area contributed by atoms with Gasteiger partial charge in [-0.2, -0.15) is 8.61 Å². The van der Waals surface area contributed by atoms with E-state index in [1.54, 1.807) is 18.2 Å². The highest BCUT2D eigenvalue weighted by atomic mass is 32.2. The molecule has 1 amide bonds. The van der Waals surface area contributed by atoms with Crippen molar-refractivity contribution < 1.29 is 21.6 Å². The van der Waals surface area contributed by atoms with E-state index in [0.29, 0.717) is 42.5 Å². The van der Waals surface area contributed by atoms with Gasteiger partial charge in [0.05, 0.1) is 10.6 Å². The Morgan fingerprint density at radius 1 is 0.742 bits per heavy atom. The molecule has 8 nitrogen and oxygen atoms in total. The number of nitrogens with zero attached hydrogens (tertiary/aromatic N) is 2. The van der Waals surface area contributed by atoms with Crippen LogP contribution in [0.1, 0.15) is 48.9 Å². The Balaban J connectivity index is 1.77. The Hall–Kier alpha value is -2.01. The van der Waals surface area contributed by atoms with Crippen LogP contribution in [0.25, 0.3) is 10.8 Å². The SMILES string of the molecule is O=C1Nc2c(S(=O)(=O)N3CCCCC3)cc(S(=O)(=O)N3CCCCC3)c3cccc1c23. The van der Waals surface area contributed by atoms with Crippen LogP contribution < -0.4 is 5.32 Å². The molecule has 10 heteroatoms. The number of piperidine rings is 2. The van der Waals surface area contributed by atoms with E-state index in [-0.39, 0.29) is 15.5 Å². The first kappa shape index (κ1) is 20.9. The van der Waals surface area contributed by atoms with E-state index in [2.05, 4.69) is 5.32 Å². The fourth-order valence-corrected chi connectivity index (χ4v) is 8.32. The Kier molecular flexibility index (Phi) is 5.08. The number of hydrogen-bond donors (Lipinski definition) is 1. The lowest BCUT2D eigenvalue weighted by molar-refractivity contribution is 0.103. The van der Waals surface area contributed by atoms with Crippen molar-refractivity contribution in [3.8, 4) is 0 Å². The van der Waals surface area contributed by atoms with Crippen LogP contribution in [-0.4, -0.2) is 57.5 Å². The summed E-state index contributed by atoms with van der Waals surface area (Å²) in [4.78, 5) is 12.4. The predicted molar refractivity (Wildman–Crippen MR) is 117 cm³/mol. The molecule has 0 spiro atoms. The molecule has 3 aliphatic rings. The number of anilines is 1. The van der Waals surface area contributed by atoms with Crippen LogP contribution in [0.4, 0.5) is 5.69 Å². The number of carbonyl (C=O) groups excluding carboxylic acids is 1. The quantitative estimate of drug-likeness (QED) is 0.751. The summed E-state index contributed by atoms with van der Waals surface area (Å²) >= 11 is 0. The molecule has 0 saturated carbocycles. The number of hydrogen-bond acceptors (Lipinski definition) is 5. The number of amides is 1. The molecule has 1 N–H and O–H groups in total. The molecule has 3 aliphatic heterocycles. The Bertz CT molecular complexity index is 1280. The van der Waals surface area contributed by atoms with Gasteiger partial charge in [0.15, 0.2) is 0 Å². The highest BCUT2D eigenvalue weighted by Gasteiger charge is 2.37. The van der Waals surface area contributed by atoms with Gasteiger partial charge < -0.3 is 5.32 Å². The highest BCUT2D eigenvalue weighted by molar-refractivity contribution is 7.90. The number of rotatable bonds is 4. The van der Waals surface area contributed by atoms with Gasteiger partial charge in [-0.15, -0.1) is 0 Å². The zero-order chi connectivity index (χ0) is 21.8. The fourth-order valence-electron chi connectivity index (χ4n) is 4.82. The van der Waals surface area contributed by atoms with Gasteiger partial charge in [0.2, 0.25) is 20.0 Å². The van der Waals surface area contributed by atoms with E-state index < -0.39 is 26.0 Å². The molecule has 166 valence electrons. The second kappa shape index (κ2) is 7.54. The standard InChI is InChI=1S/C21H25N3O5S2/c25-21-16-9-7-8-15-17(30(26,27)23-10-3-1-4-11-23)14-18(20(22-21)19(15)16)31(28,29)24-12-5-2-6-13-24/h7-9,14H,1-6,10-13H2,(H,22,25). The van der Waals surface area contributed by atoms with Gasteiger partial charge in [0.25, 0.3) is 5.91 Å². The molecular weight excluding hydrogens is 438 g/mol. The van der Waals surface area contributed by atoms with E-state index in [1.165, 1.54) is 14.7 Å². The molecule has 5 rings (SSSR count). The van der Waals surface area contributed by atoms with E-state index >= 15 is 0 Å². The van der Waals surface area contributed by atoms with Gasteiger partial charge in [-0.05, 0) is 37.8 Å². The van der Waals surface area contributed by atoms with Crippen molar-refractivity contribution in [2.45, 2.75) is 48.3 Å². The predicted octanol–water partition coefficient (Wildman–Crippen LogP) is 2.75. The summed E-state index contributed by atoms with van der Waals surface area (Å²) in [6.07, 6.45) is 5.02. The van der Waals surface area contributed by atoms with Crippen LogP contribution in [-0.2, 0) is 20.0 Å². The monoisotopic (exact) mass is 463 g/mol. The van der Waals surface area contributed by atoms with Crippen LogP contribution >= 0.6 is 0 Å². The van der Waals surface area contributed by atoms with Crippen molar-refractivity contribution >= 4 is 42.4 Å². The molecule has 0 aliphatic carbocycles. The van der Waals surface area contributed by atoms with Crippen molar-refractivity contribution in [3.63, 3.8) is 0 Å². The minimum absolute atomic E-state index is 0.0397. The summed E-state index contributed by atoms with van der Waals surface area (Å²) in [6.45, 7) is 1.61. The first-order valence-electron chi connectivity index (χ1n) is 10.7.